The average Bonchev–Trinajstić information content (AvgIpc) is 2.60. The zero-order chi connectivity index (χ0) is 19.3. The molecule has 0 bridgehead atoms. The van der Waals surface area contributed by atoms with E-state index in [2.05, 4.69) is 0 Å². The topological polar surface area (TPSA) is 57.7 Å². The average molecular weight is 395 g/mol. The standard InChI is InChI=1S/C19H23ClN2O3S/c1-4-18(22(26(3,24)25)17-8-6-5-7-9-17)19(23)21(2)14-15-10-12-16(20)13-11-15/h5-13,18H,4,14H2,1-3H3. The number of anilines is 1. The van der Waals surface area contributed by atoms with Crippen molar-refractivity contribution in [1.82, 2.24) is 4.90 Å². The summed E-state index contributed by atoms with van der Waals surface area (Å²) in [5.41, 5.74) is 1.40. The summed E-state index contributed by atoms with van der Waals surface area (Å²) in [7, 11) is -1.95. The molecule has 2 aromatic carbocycles. The van der Waals surface area contributed by atoms with Gasteiger partial charge in [0.25, 0.3) is 0 Å². The number of benzene rings is 2. The Kier molecular flexibility index (Phi) is 6.67. The largest absolute Gasteiger partial charge is 0.340 e. The predicted octanol–water partition coefficient (Wildman–Crippen LogP) is 3.54. The molecule has 0 N–H and O–H groups in total. The fraction of sp³-hybridized carbons (Fsp3) is 0.316. The summed E-state index contributed by atoms with van der Waals surface area (Å²) < 4.78 is 26.0. The van der Waals surface area contributed by atoms with Crippen molar-refractivity contribution < 1.29 is 13.2 Å². The van der Waals surface area contributed by atoms with Crippen LogP contribution in [0.1, 0.15) is 18.9 Å². The summed E-state index contributed by atoms with van der Waals surface area (Å²) >= 11 is 5.89. The predicted molar refractivity (Wildman–Crippen MR) is 106 cm³/mol. The molecule has 140 valence electrons. The molecule has 1 atom stereocenters. The molecule has 0 saturated heterocycles. The maximum atomic E-state index is 13.0. The molecule has 7 heteroatoms. The Morgan fingerprint density at radius 2 is 1.65 bits per heavy atom. The van der Waals surface area contributed by atoms with Gasteiger partial charge in [0.05, 0.1) is 11.9 Å². The Morgan fingerprint density at radius 3 is 2.15 bits per heavy atom. The third kappa shape index (κ3) is 4.99. The summed E-state index contributed by atoms with van der Waals surface area (Å²) in [6.45, 7) is 2.18. The van der Waals surface area contributed by atoms with Crippen LogP contribution in [-0.4, -0.2) is 38.6 Å². The zero-order valence-electron chi connectivity index (χ0n) is 15.1. The first-order valence-corrected chi connectivity index (χ1v) is 10.5. The summed E-state index contributed by atoms with van der Waals surface area (Å²) in [5, 5.41) is 0.626. The highest BCUT2D eigenvalue weighted by Crippen LogP contribution is 2.23. The van der Waals surface area contributed by atoms with E-state index in [9.17, 15) is 13.2 Å². The molecule has 26 heavy (non-hydrogen) atoms. The van der Waals surface area contributed by atoms with Gasteiger partial charge in [-0.2, -0.15) is 0 Å². The molecular weight excluding hydrogens is 372 g/mol. The van der Waals surface area contributed by atoms with E-state index in [1.807, 2.05) is 12.1 Å². The van der Waals surface area contributed by atoms with Gasteiger partial charge in [-0.1, -0.05) is 48.9 Å². The highest BCUT2D eigenvalue weighted by atomic mass is 35.5. The third-order valence-electron chi connectivity index (χ3n) is 4.03. The minimum atomic E-state index is -3.62. The van der Waals surface area contributed by atoms with E-state index in [0.29, 0.717) is 23.7 Å². The van der Waals surface area contributed by atoms with Gasteiger partial charge in [-0.05, 0) is 36.2 Å². The number of hydrogen-bond donors (Lipinski definition) is 0. The van der Waals surface area contributed by atoms with E-state index in [4.69, 9.17) is 11.6 Å². The lowest BCUT2D eigenvalue weighted by Gasteiger charge is -2.32. The second-order valence-electron chi connectivity index (χ2n) is 6.14. The number of amides is 1. The molecule has 0 aliphatic carbocycles. The summed E-state index contributed by atoms with van der Waals surface area (Å²) in [6, 6.07) is 15.1. The lowest BCUT2D eigenvalue weighted by atomic mass is 10.1. The minimum Gasteiger partial charge on any atom is -0.340 e. The van der Waals surface area contributed by atoms with Crippen LogP contribution in [0.4, 0.5) is 5.69 Å². The van der Waals surface area contributed by atoms with Gasteiger partial charge in [-0.3, -0.25) is 9.10 Å². The maximum Gasteiger partial charge on any atom is 0.246 e. The van der Waals surface area contributed by atoms with Gasteiger partial charge >= 0.3 is 0 Å². The fourth-order valence-electron chi connectivity index (χ4n) is 2.81. The van der Waals surface area contributed by atoms with Gasteiger partial charge in [-0.25, -0.2) is 8.42 Å². The molecule has 1 amide bonds. The summed E-state index contributed by atoms with van der Waals surface area (Å²) in [5.74, 6) is -0.253. The Hall–Kier alpha value is -2.05. The van der Waals surface area contributed by atoms with Crippen LogP contribution >= 0.6 is 11.6 Å². The number of halogens is 1. The molecule has 0 aliphatic rings. The van der Waals surface area contributed by atoms with Crippen LogP contribution in [0.25, 0.3) is 0 Å². The van der Waals surface area contributed by atoms with Crippen LogP contribution in [0, 0.1) is 0 Å². The number of carbonyl (C=O) groups excluding carboxylic acids is 1. The number of hydrogen-bond acceptors (Lipinski definition) is 3. The van der Waals surface area contributed by atoms with Gasteiger partial charge < -0.3 is 4.90 Å². The van der Waals surface area contributed by atoms with Gasteiger partial charge in [-0.15, -0.1) is 0 Å². The van der Waals surface area contributed by atoms with E-state index in [1.165, 1.54) is 4.31 Å². The van der Waals surface area contributed by atoms with E-state index in [0.717, 1.165) is 11.8 Å². The van der Waals surface area contributed by atoms with E-state index < -0.39 is 16.1 Å². The van der Waals surface area contributed by atoms with Gasteiger partial charge in [0.2, 0.25) is 15.9 Å². The number of sulfonamides is 1. The molecule has 0 saturated carbocycles. The first-order valence-electron chi connectivity index (χ1n) is 8.28. The Bertz CT molecular complexity index is 839. The van der Waals surface area contributed by atoms with Crippen molar-refractivity contribution in [3.8, 4) is 0 Å². The second-order valence-corrected chi connectivity index (χ2v) is 8.44. The minimum absolute atomic E-state index is 0.253. The van der Waals surface area contributed by atoms with Crippen molar-refractivity contribution in [2.24, 2.45) is 0 Å². The molecule has 2 rings (SSSR count). The summed E-state index contributed by atoms with van der Waals surface area (Å²) in [4.78, 5) is 14.5. The number of rotatable bonds is 7. The zero-order valence-corrected chi connectivity index (χ0v) is 16.7. The fourth-order valence-corrected chi connectivity index (χ4v) is 4.15. The summed E-state index contributed by atoms with van der Waals surface area (Å²) in [6.07, 6.45) is 1.49. The van der Waals surface area contributed by atoms with Gasteiger partial charge in [0.1, 0.15) is 6.04 Å². The number of carbonyl (C=O) groups is 1. The van der Waals surface area contributed by atoms with Crippen molar-refractivity contribution in [1.29, 1.82) is 0 Å². The molecule has 5 nitrogen and oxygen atoms in total. The van der Waals surface area contributed by atoms with Crippen LogP contribution in [0.5, 0.6) is 0 Å². The van der Waals surface area contributed by atoms with Crippen LogP contribution in [0.15, 0.2) is 54.6 Å². The quantitative estimate of drug-likeness (QED) is 0.721. The molecule has 0 spiro atoms. The Balaban J connectivity index is 2.28. The van der Waals surface area contributed by atoms with E-state index >= 15 is 0 Å². The van der Waals surface area contributed by atoms with Crippen molar-refractivity contribution in [2.75, 3.05) is 17.6 Å². The first-order chi connectivity index (χ1) is 12.2. The SMILES string of the molecule is CCC(C(=O)N(C)Cc1ccc(Cl)cc1)N(c1ccccc1)S(C)(=O)=O. The van der Waals surface area contributed by atoms with Crippen LogP contribution in [0.2, 0.25) is 5.02 Å². The number of para-hydroxylation sites is 1. The van der Waals surface area contributed by atoms with Gasteiger partial charge in [0.15, 0.2) is 0 Å². The van der Waals surface area contributed by atoms with Crippen LogP contribution in [0.3, 0.4) is 0 Å². The number of likely N-dealkylation sites (N-methyl/N-ethyl adjacent to an activating group) is 1. The third-order valence-corrected chi connectivity index (χ3v) is 5.46. The van der Waals surface area contributed by atoms with Crippen molar-refractivity contribution in [3.63, 3.8) is 0 Å². The molecule has 0 fully saturated rings. The smallest absolute Gasteiger partial charge is 0.246 e. The molecule has 0 aromatic heterocycles. The Labute approximate surface area is 160 Å². The maximum absolute atomic E-state index is 13.0. The van der Waals surface area contributed by atoms with Crippen molar-refractivity contribution >= 4 is 33.2 Å². The molecule has 0 radical (unpaired) electrons. The van der Waals surface area contributed by atoms with Crippen molar-refractivity contribution in [2.45, 2.75) is 25.9 Å². The highest BCUT2D eigenvalue weighted by molar-refractivity contribution is 7.92. The molecule has 0 aliphatic heterocycles. The number of nitrogens with zero attached hydrogens (tertiary/aromatic N) is 2. The highest BCUT2D eigenvalue weighted by Gasteiger charge is 2.33. The van der Waals surface area contributed by atoms with E-state index in [1.54, 1.807) is 61.3 Å². The van der Waals surface area contributed by atoms with Crippen LogP contribution < -0.4 is 4.31 Å². The molecule has 0 heterocycles. The van der Waals surface area contributed by atoms with Crippen LogP contribution in [-0.2, 0) is 21.4 Å². The molecule has 1 unspecified atom stereocenters. The van der Waals surface area contributed by atoms with E-state index in [-0.39, 0.29) is 5.91 Å². The second kappa shape index (κ2) is 8.56. The normalized spacial score (nSPS) is 12.5. The van der Waals surface area contributed by atoms with Crippen molar-refractivity contribution in [3.05, 3.63) is 65.2 Å². The Morgan fingerprint density at radius 1 is 1.08 bits per heavy atom. The monoisotopic (exact) mass is 394 g/mol. The first kappa shape index (κ1) is 20.3. The molecular formula is C19H23ClN2O3S. The molecule has 2 aromatic rings. The lowest BCUT2D eigenvalue weighted by molar-refractivity contribution is -0.131. The van der Waals surface area contributed by atoms with Gasteiger partial charge in [0, 0.05) is 18.6 Å². The lowest BCUT2D eigenvalue weighted by Crippen LogP contribution is -2.49.